The van der Waals surface area contributed by atoms with Crippen molar-refractivity contribution in [1.29, 1.82) is 0 Å². The lowest BCUT2D eigenvalue weighted by molar-refractivity contribution is 0.0299. The van der Waals surface area contributed by atoms with Crippen LogP contribution < -0.4 is 0 Å². The molecule has 0 amide bonds. The molecule has 0 aliphatic heterocycles. The largest absolute Gasteiger partial charge is 0.367 e. The normalized spacial score (nSPS) is 14.6. The first-order valence-corrected chi connectivity index (χ1v) is 12.5. The average Bonchev–Trinajstić information content (AvgIpc) is 2.62. The van der Waals surface area contributed by atoms with Gasteiger partial charge in [-0.3, -0.25) is 0 Å². The molecule has 0 aromatic carbocycles. The van der Waals surface area contributed by atoms with Crippen molar-refractivity contribution in [2.24, 2.45) is 10.8 Å². The molecule has 0 aliphatic carbocycles. The summed E-state index contributed by atoms with van der Waals surface area (Å²) in [5, 5.41) is 0. The fraction of sp³-hybridized carbons (Fsp3) is 0.857. The highest BCUT2D eigenvalue weighted by molar-refractivity contribution is 4.86. The van der Waals surface area contributed by atoms with Crippen LogP contribution in [0.4, 0.5) is 0 Å². The first-order chi connectivity index (χ1) is 13.6. The second-order valence-electron chi connectivity index (χ2n) is 11.4. The van der Waals surface area contributed by atoms with E-state index >= 15 is 0 Å². The van der Waals surface area contributed by atoms with Gasteiger partial charge in [-0.05, 0) is 36.5 Å². The monoisotopic (exact) mass is 406 g/mol. The molecule has 0 fully saturated rings. The minimum atomic E-state index is 0.180. The second-order valence-corrected chi connectivity index (χ2v) is 11.4. The van der Waals surface area contributed by atoms with Crippen LogP contribution in [0.25, 0.3) is 0 Å². The van der Waals surface area contributed by atoms with E-state index in [1.54, 1.807) is 0 Å². The summed E-state index contributed by atoms with van der Waals surface area (Å²) in [6.45, 7) is 22.0. The first-order valence-electron chi connectivity index (χ1n) is 12.5. The summed E-state index contributed by atoms with van der Waals surface area (Å²) in [4.78, 5) is 0. The summed E-state index contributed by atoms with van der Waals surface area (Å²) in [7, 11) is 0. The summed E-state index contributed by atoms with van der Waals surface area (Å²) in [5.74, 6) is 0. The van der Waals surface area contributed by atoms with E-state index in [2.05, 4.69) is 54.7 Å². The highest BCUT2D eigenvalue weighted by Gasteiger charge is 2.12. The quantitative estimate of drug-likeness (QED) is 0.162. The zero-order chi connectivity index (χ0) is 22.2. The lowest BCUT2D eigenvalue weighted by Crippen LogP contribution is -2.19. The molecule has 172 valence electrons. The van der Waals surface area contributed by atoms with Crippen LogP contribution in [0, 0.1) is 10.8 Å². The molecule has 0 aliphatic rings. The summed E-state index contributed by atoms with van der Waals surface area (Å²) < 4.78 is 6.26. The fourth-order valence-electron chi connectivity index (χ4n) is 3.77. The number of hydrogen-bond acceptors (Lipinski definition) is 1. The number of unbranched alkanes of at least 4 members (excludes halogenated alkanes) is 8. The lowest BCUT2D eigenvalue weighted by atomic mass is 9.89. The molecular formula is C28H54O. The molecule has 29 heavy (non-hydrogen) atoms. The lowest BCUT2D eigenvalue weighted by Gasteiger charge is -2.21. The maximum absolute atomic E-state index is 6.26. The first kappa shape index (κ1) is 28.4. The van der Waals surface area contributed by atoms with Crippen LogP contribution >= 0.6 is 0 Å². The number of hydrogen-bond donors (Lipinski definition) is 0. The van der Waals surface area contributed by atoms with E-state index in [4.69, 9.17) is 4.74 Å². The van der Waals surface area contributed by atoms with Crippen molar-refractivity contribution >= 4 is 0 Å². The zero-order valence-electron chi connectivity index (χ0n) is 21.0. The van der Waals surface area contributed by atoms with Gasteiger partial charge in [-0.25, -0.2) is 0 Å². The molecule has 0 rings (SSSR count). The summed E-state index contributed by atoms with van der Waals surface area (Å²) in [6.07, 6.45) is 22.4. The third-order valence-electron chi connectivity index (χ3n) is 5.71. The molecule has 0 saturated carbocycles. The smallest absolute Gasteiger partial charge is 0.0761 e. The molecule has 0 radical (unpaired) electrons. The molecule has 2 atom stereocenters. The van der Waals surface area contributed by atoms with Crippen LogP contribution in [0.5, 0.6) is 0 Å². The molecule has 2 unspecified atom stereocenters. The standard InChI is InChI=1S/C28H54O/c1-9-25(21-17-13-11-15-19-23-27(3,4)5)29-26(10-2)22-18-14-12-16-20-24-28(6,7)8/h9-10,25-26H,1-2,11-24H2,3-8H3. The topological polar surface area (TPSA) is 9.23 Å². The fourth-order valence-corrected chi connectivity index (χ4v) is 3.77. The van der Waals surface area contributed by atoms with E-state index in [0.29, 0.717) is 10.8 Å². The molecule has 0 spiro atoms. The van der Waals surface area contributed by atoms with E-state index in [1.807, 2.05) is 12.2 Å². The maximum atomic E-state index is 6.26. The number of ether oxygens (including phenoxy) is 1. The molecule has 0 aromatic heterocycles. The Labute approximate surface area is 184 Å². The van der Waals surface area contributed by atoms with Gasteiger partial charge in [0.1, 0.15) is 0 Å². The van der Waals surface area contributed by atoms with Crippen LogP contribution in [-0.2, 0) is 4.74 Å². The van der Waals surface area contributed by atoms with Crippen LogP contribution in [0.15, 0.2) is 25.3 Å². The van der Waals surface area contributed by atoms with E-state index in [0.717, 1.165) is 12.8 Å². The van der Waals surface area contributed by atoms with Crippen molar-refractivity contribution < 1.29 is 4.74 Å². The van der Waals surface area contributed by atoms with E-state index in [-0.39, 0.29) is 12.2 Å². The van der Waals surface area contributed by atoms with Gasteiger partial charge in [0, 0.05) is 0 Å². The van der Waals surface area contributed by atoms with Gasteiger partial charge in [0.2, 0.25) is 0 Å². The molecule has 0 bridgehead atoms. The molecule has 0 N–H and O–H groups in total. The summed E-state index contributed by atoms with van der Waals surface area (Å²) >= 11 is 0. The van der Waals surface area contributed by atoms with Crippen LogP contribution in [0.1, 0.15) is 131 Å². The van der Waals surface area contributed by atoms with Gasteiger partial charge < -0.3 is 4.74 Å². The predicted octanol–water partition coefficient (Wildman–Crippen LogP) is 9.67. The van der Waals surface area contributed by atoms with Crippen molar-refractivity contribution in [3.8, 4) is 0 Å². The van der Waals surface area contributed by atoms with Gasteiger partial charge in [-0.1, -0.05) is 118 Å². The molecule has 1 heteroatoms. The van der Waals surface area contributed by atoms with Crippen molar-refractivity contribution in [2.75, 3.05) is 0 Å². The molecular weight excluding hydrogens is 352 g/mol. The van der Waals surface area contributed by atoms with E-state index in [1.165, 1.54) is 77.0 Å². The van der Waals surface area contributed by atoms with E-state index in [9.17, 15) is 0 Å². The van der Waals surface area contributed by atoms with Crippen molar-refractivity contribution in [1.82, 2.24) is 0 Å². The molecule has 0 saturated heterocycles. The SMILES string of the molecule is C=CC(CCCCCCCC(C)(C)C)OC(C=C)CCCCCCCC(C)(C)C. The van der Waals surface area contributed by atoms with Gasteiger partial charge in [0.15, 0.2) is 0 Å². The predicted molar refractivity (Wildman–Crippen MR) is 133 cm³/mol. The highest BCUT2D eigenvalue weighted by Crippen LogP contribution is 2.24. The van der Waals surface area contributed by atoms with Crippen LogP contribution in [-0.4, -0.2) is 12.2 Å². The summed E-state index contributed by atoms with van der Waals surface area (Å²) in [6, 6.07) is 0. The Balaban J connectivity index is 3.79. The van der Waals surface area contributed by atoms with Crippen LogP contribution in [0.2, 0.25) is 0 Å². The average molecular weight is 407 g/mol. The van der Waals surface area contributed by atoms with Crippen molar-refractivity contribution in [3.05, 3.63) is 25.3 Å². The molecule has 1 nitrogen and oxygen atoms in total. The second kappa shape index (κ2) is 16.2. The Kier molecular flexibility index (Phi) is 15.9. The van der Waals surface area contributed by atoms with E-state index < -0.39 is 0 Å². The maximum Gasteiger partial charge on any atom is 0.0761 e. The minimum Gasteiger partial charge on any atom is -0.367 e. The Morgan fingerprint density at radius 2 is 0.862 bits per heavy atom. The van der Waals surface area contributed by atoms with Gasteiger partial charge in [-0.2, -0.15) is 0 Å². The van der Waals surface area contributed by atoms with Gasteiger partial charge in [-0.15, -0.1) is 13.2 Å². The van der Waals surface area contributed by atoms with Gasteiger partial charge in [0.05, 0.1) is 12.2 Å². The third-order valence-corrected chi connectivity index (χ3v) is 5.71. The highest BCUT2D eigenvalue weighted by atomic mass is 16.5. The summed E-state index contributed by atoms with van der Waals surface area (Å²) in [5.41, 5.74) is 0.960. The Morgan fingerprint density at radius 1 is 0.552 bits per heavy atom. The Bertz CT molecular complexity index is 358. The molecule has 0 heterocycles. The van der Waals surface area contributed by atoms with Gasteiger partial charge >= 0.3 is 0 Å². The van der Waals surface area contributed by atoms with Crippen molar-refractivity contribution in [3.63, 3.8) is 0 Å². The third kappa shape index (κ3) is 20.5. The van der Waals surface area contributed by atoms with Crippen LogP contribution in [0.3, 0.4) is 0 Å². The molecule has 0 aromatic rings. The van der Waals surface area contributed by atoms with Gasteiger partial charge in [0.25, 0.3) is 0 Å². The van der Waals surface area contributed by atoms with Crippen molar-refractivity contribution in [2.45, 2.75) is 144 Å². The zero-order valence-corrected chi connectivity index (χ0v) is 21.0. The Hall–Kier alpha value is -0.560. The number of rotatable bonds is 18. The minimum absolute atomic E-state index is 0.180. The Morgan fingerprint density at radius 3 is 1.17 bits per heavy atom.